The normalized spacial score (nSPS) is 10.6. The van der Waals surface area contributed by atoms with Crippen LogP contribution in [-0.2, 0) is 17.9 Å². The Morgan fingerprint density at radius 3 is 2.67 bits per heavy atom. The van der Waals surface area contributed by atoms with Crippen molar-refractivity contribution in [1.82, 2.24) is 25.1 Å². The second-order valence-electron chi connectivity index (χ2n) is 5.96. The molecule has 3 rings (SSSR count). The Morgan fingerprint density at radius 2 is 1.89 bits per heavy atom. The summed E-state index contributed by atoms with van der Waals surface area (Å²) in [6.07, 6.45) is 0. The van der Waals surface area contributed by atoms with Crippen molar-refractivity contribution in [1.29, 1.82) is 0 Å². The van der Waals surface area contributed by atoms with Crippen LogP contribution < -0.4 is 4.74 Å². The summed E-state index contributed by atoms with van der Waals surface area (Å²) in [5, 5.41) is 12.4. The van der Waals surface area contributed by atoms with Crippen LogP contribution in [0.25, 0.3) is 0 Å². The summed E-state index contributed by atoms with van der Waals surface area (Å²) in [6, 6.07) is 17.6. The van der Waals surface area contributed by atoms with Gasteiger partial charge >= 0.3 is 0 Å². The molecule has 1 heterocycles. The van der Waals surface area contributed by atoms with Crippen LogP contribution in [-0.4, -0.2) is 50.9 Å². The maximum Gasteiger partial charge on any atom is 0.233 e. The fraction of sp³-hybridized carbons (Fsp3) is 0.263. The first-order valence-corrected chi connectivity index (χ1v) is 9.44. The van der Waals surface area contributed by atoms with Crippen LogP contribution >= 0.6 is 11.8 Å². The van der Waals surface area contributed by atoms with Crippen molar-refractivity contribution in [2.45, 2.75) is 18.2 Å². The molecule has 0 radical (unpaired) electrons. The number of para-hydroxylation sites is 1. The largest absolute Gasteiger partial charge is 0.496 e. The van der Waals surface area contributed by atoms with Crippen molar-refractivity contribution < 1.29 is 9.53 Å². The first-order valence-electron chi connectivity index (χ1n) is 8.46. The molecule has 1 amide bonds. The predicted octanol–water partition coefficient (Wildman–Crippen LogP) is 2.48. The van der Waals surface area contributed by atoms with Crippen molar-refractivity contribution in [3.8, 4) is 5.75 Å². The van der Waals surface area contributed by atoms with Crippen molar-refractivity contribution in [2.75, 3.05) is 19.9 Å². The van der Waals surface area contributed by atoms with Gasteiger partial charge in [-0.3, -0.25) is 4.79 Å². The Labute approximate surface area is 162 Å². The highest BCUT2D eigenvalue weighted by molar-refractivity contribution is 7.99. The number of aromatic nitrogens is 4. The molecule has 0 unspecified atom stereocenters. The van der Waals surface area contributed by atoms with Crippen molar-refractivity contribution in [3.05, 3.63) is 65.7 Å². The summed E-state index contributed by atoms with van der Waals surface area (Å²) in [7, 11) is 3.41. The topological polar surface area (TPSA) is 73.1 Å². The average Bonchev–Trinajstić information content (AvgIpc) is 3.14. The quantitative estimate of drug-likeness (QED) is 0.557. The van der Waals surface area contributed by atoms with Crippen molar-refractivity contribution in [3.63, 3.8) is 0 Å². The number of carbonyl (C=O) groups is 1. The first kappa shape index (κ1) is 18.9. The van der Waals surface area contributed by atoms with Crippen LogP contribution in [0.3, 0.4) is 0 Å². The molecule has 7 nitrogen and oxygen atoms in total. The van der Waals surface area contributed by atoms with Gasteiger partial charge in [0.2, 0.25) is 11.1 Å². The van der Waals surface area contributed by atoms with E-state index in [-0.39, 0.29) is 11.7 Å². The van der Waals surface area contributed by atoms with E-state index >= 15 is 0 Å². The lowest BCUT2D eigenvalue weighted by molar-refractivity contribution is -0.127. The van der Waals surface area contributed by atoms with Gasteiger partial charge in [0.1, 0.15) is 5.75 Å². The van der Waals surface area contributed by atoms with Gasteiger partial charge in [-0.05, 0) is 22.1 Å². The Kier molecular flexibility index (Phi) is 6.43. The van der Waals surface area contributed by atoms with E-state index in [4.69, 9.17) is 4.74 Å². The molecule has 0 N–H and O–H groups in total. The van der Waals surface area contributed by atoms with Gasteiger partial charge in [0, 0.05) is 19.2 Å². The summed E-state index contributed by atoms with van der Waals surface area (Å²) in [4.78, 5) is 14.2. The second kappa shape index (κ2) is 9.18. The fourth-order valence-corrected chi connectivity index (χ4v) is 3.39. The SMILES string of the molecule is COc1ccccc1CN(C)C(=O)CSc1nnnn1Cc1ccccc1. The molecular weight excluding hydrogens is 362 g/mol. The van der Waals surface area contributed by atoms with Gasteiger partial charge in [0.05, 0.1) is 19.4 Å². The standard InChI is InChI=1S/C19H21N5O2S/c1-23(13-16-10-6-7-11-17(16)26-2)18(25)14-27-19-20-21-22-24(19)12-15-8-4-3-5-9-15/h3-11H,12-14H2,1-2H3. The number of carbonyl (C=O) groups excluding carboxylic acids is 1. The van der Waals surface area contributed by atoms with E-state index in [0.717, 1.165) is 16.9 Å². The molecule has 2 aromatic carbocycles. The Bertz CT molecular complexity index is 885. The number of hydrogen-bond donors (Lipinski definition) is 0. The molecule has 0 bridgehead atoms. The van der Waals surface area contributed by atoms with Crippen LogP contribution in [0.1, 0.15) is 11.1 Å². The Balaban J connectivity index is 1.57. The number of thioether (sulfide) groups is 1. The maximum absolute atomic E-state index is 12.5. The minimum absolute atomic E-state index is 0.000155. The van der Waals surface area contributed by atoms with Crippen LogP contribution in [0.2, 0.25) is 0 Å². The Morgan fingerprint density at radius 1 is 1.15 bits per heavy atom. The van der Waals surface area contributed by atoms with E-state index in [1.807, 2.05) is 54.6 Å². The van der Waals surface area contributed by atoms with Gasteiger partial charge in [-0.2, -0.15) is 0 Å². The van der Waals surface area contributed by atoms with Gasteiger partial charge in [0.15, 0.2) is 0 Å². The van der Waals surface area contributed by atoms with E-state index in [0.29, 0.717) is 18.2 Å². The summed E-state index contributed by atoms with van der Waals surface area (Å²) in [6.45, 7) is 1.06. The number of rotatable bonds is 8. The minimum Gasteiger partial charge on any atom is -0.496 e. The van der Waals surface area contributed by atoms with Crippen LogP contribution in [0.15, 0.2) is 59.8 Å². The highest BCUT2D eigenvalue weighted by atomic mass is 32.2. The van der Waals surface area contributed by atoms with Gasteiger partial charge in [-0.25, -0.2) is 4.68 Å². The zero-order valence-electron chi connectivity index (χ0n) is 15.3. The number of hydrogen-bond acceptors (Lipinski definition) is 6. The highest BCUT2D eigenvalue weighted by Crippen LogP contribution is 2.20. The predicted molar refractivity (Wildman–Crippen MR) is 104 cm³/mol. The van der Waals surface area contributed by atoms with E-state index in [2.05, 4.69) is 15.5 Å². The van der Waals surface area contributed by atoms with E-state index in [9.17, 15) is 4.79 Å². The summed E-state index contributed by atoms with van der Waals surface area (Å²) in [5.74, 6) is 1.04. The molecule has 140 valence electrons. The number of nitrogens with zero attached hydrogens (tertiary/aromatic N) is 5. The Hall–Kier alpha value is -2.87. The van der Waals surface area contributed by atoms with E-state index < -0.39 is 0 Å². The van der Waals surface area contributed by atoms with E-state index in [1.165, 1.54) is 11.8 Å². The average molecular weight is 383 g/mol. The smallest absolute Gasteiger partial charge is 0.233 e. The zero-order valence-corrected chi connectivity index (χ0v) is 16.1. The molecule has 0 fully saturated rings. The molecule has 0 aliphatic carbocycles. The third-order valence-corrected chi connectivity index (χ3v) is 4.97. The number of methoxy groups -OCH3 is 1. The molecule has 27 heavy (non-hydrogen) atoms. The maximum atomic E-state index is 12.5. The van der Waals surface area contributed by atoms with Gasteiger partial charge in [-0.1, -0.05) is 60.3 Å². The van der Waals surface area contributed by atoms with Crippen LogP contribution in [0, 0.1) is 0 Å². The molecule has 0 spiro atoms. The van der Waals surface area contributed by atoms with Gasteiger partial charge in [0.25, 0.3) is 0 Å². The number of amides is 1. The van der Waals surface area contributed by atoms with Crippen molar-refractivity contribution in [2.24, 2.45) is 0 Å². The number of ether oxygens (including phenoxy) is 1. The van der Waals surface area contributed by atoms with E-state index in [1.54, 1.807) is 23.7 Å². The monoisotopic (exact) mass is 383 g/mol. The minimum atomic E-state index is 0.000155. The van der Waals surface area contributed by atoms with Crippen LogP contribution in [0.5, 0.6) is 5.75 Å². The van der Waals surface area contributed by atoms with Crippen LogP contribution in [0.4, 0.5) is 0 Å². The summed E-state index contributed by atoms with van der Waals surface area (Å²) >= 11 is 1.33. The molecule has 1 aromatic heterocycles. The molecular formula is C19H21N5O2S. The summed E-state index contributed by atoms with van der Waals surface area (Å²) < 4.78 is 7.05. The molecule has 0 atom stereocenters. The fourth-order valence-electron chi connectivity index (χ4n) is 2.57. The molecule has 0 aliphatic rings. The highest BCUT2D eigenvalue weighted by Gasteiger charge is 2.15. The number of tetrazole rings is 1. The molecule has 3 aromatic rings. The third kappa shape index (κ3) is 5.07. The zero-order chi connectivity index (χ0) is 19.1. The second-order valence-corrected chi connectivity index (χ2v) is 6.90. The lowest BCUT2D eigenvalue weighted by Gasteiger charge is -2.18. The molecule has 0 saturated heterocycles. The van der Waals surface area contributed by atoms with Gasteiger partial charge in [-0.15, -0.1) is 5.10 Å². The summed E-state index contributed by atoms with van der Waals surface area (Å²) in [5.41, 5.74) is 2.07. The first-order chi connectivity index (χ1) is 13.2. The van der Waals surface area contributed by atoms with Crippen molar-refractivity contribution >= 4 is 17.7 Å². The molecule has 0 saturated carbocycles. The number of benzene rings is 2. The molecule has 0 aliphatic heterocycles. The molecule has 8 heteroatoms. The third-order valence-electron chi connectivity index (χ3n) is 4.02. The van der Waals surface area contributed by atoms with Gasteiger partial charge < -0.3 is 9.64 Å². The lowest BCUT2D eigenvalue weighted by atomic mass is 10.2. The lowest BCUT2D eigenvalue weighted by Crippen LogP contribution is -2.28.